The van der Waals surface area contributed by atoms with Crippen LogP contribution in [0.25, 0.3) is 0 Å². The largest absolute Gasteiger partial charge is 0.274 e. The summed E-state index contributed by atoms with van der Waals surface area (Å²) < 4.78 is 0.863. The predicted octanol–water partition coefficient (Wildman–Crippen LogP) is 5.34. The minimum absolute atomic E-state index is 0.182. The average molecular weight is 590 g/mol. The molecule has 8 rings (SSSR count). The number of nitrogens with zero attached hydrogens (tertiary/aromatic N) is 2. The van der Waals surface area contributed by atoms with E-state index in [4.69, 9.17) is 0 Å². The summed E-state index contributed by atoms with van der Waals surface area (Å²) in [5.41, 5.74) is 7.01. The number of rotatable bonds is 5. The van der Waals surface area contributed by atoms with E-state index in [1.807, 2.05) is 91.0 Å². The van der Waals surface area contributed by atoms with Gasteiger partial charge in [-0.3, -0.25) is 14.4 Å². The van der Waals surface area contributed by atoms with Crippen LogP contribution in [-0.4, -0.2) is 23.9 Å². The van der Waals surface area contributed by atoms with Gasteiger partial charge in [0, 0.05) is 16.6 Å². The molecule has 0 aromatic heterocycles. The van der Waals surface area contributed by atoms with Gasteiger partial charge in [-0.1, -0.05) is 94.8 Å². The molecule has 1 saturated heterocycles. The number of carbonyl (C=O) groups is 3. The monoisotopic (exact) mass is 589 g/mol. The first-order valence-electron chi connectivity index (χ1n) is 13.2. The Morgan fingerprint density at radius 1 is 0.825 bits per heavy atom. The molecule has 7 heteroatoms. The number of hydrogen-bond acceptors (Lipinski definition) is 4. The first kappa shape index (κ1) is 24.7. The molecule has 0 spiro atoms. The van der Waals surface area contributed by atoms with Gasteiger partial charge in [-0.15, -0.1) is 0 Å². The van der Waals surface area contributed by atoms with Crippen molar-refractivity contribution in [3.8, 4) is 0 Å². The molecule has 1 fully saturated rings. The first-order valence-corrected chi connectivity index (χ1v) is 14.0. The van der Waals surface area contributed by atoms with Gasteiger partial charge >= 0.3 is 0 Å². The highest BCUT2D eigenvalue weighted by Crippen LogP contribution is 2.63. The fourth-order valence-electron chi connectivity index (χ4n) is 6.92. The summed E-state index contributed by atoms with van der Waals surface area (Å²) in [6.45, 7) is 0. The molecule has 1 heterocycles. The second kappa shape index (κ2) is 9.38. The predicted molar refractivity (Wildman–Crippen MR) is 156 cm³/mol. The zero-order valence-corrected chi connectivity index (χ0v) is 22.9. The highest BCUT2D eigenvalue weighted by molar-refractivity contribution is 9.10. The van der Waals surface area contributed by atoms with Crippen LogP contribution in [0.15, 0.2) is 113 Å². The molecule has 6 nitrogen and oxygen atoms in total. The molecule has 2 atom stereocenters. The van der Waals surface area contributed by atoms with Gasteiger partial charge in [-0.05, 0) is 52.1 Å². The smallest absolute Gasteiger partial charge is 0.244 e. The van der Waals surface area contributed by atoms with E-state index in [2.05, 4.69) is 26.5 Å². The zero-order chi connectivity index (χ0) is 27.4. The van der Waals surface area contributed by atoms with E-state index in [-0.39, 0.29) is 30.1 Å². The lowest BCUT2D eigenvalue weighted by Crippen LogP contribution is -2.54. The summed E-state index contributed by atoms with van der Waals surface area (Å²) in [5, 5.41) is 4.47. The van der Waals surface area contributed by atoms with E-state index in [0.29, 0.717) is 5.69 Å². The van der Waals surface area contributed by atoms with Gasteiger partial charge in [-0.2, -0.15) is 5.10 Å². The molecule has 3 amide bonds. The molecule has 1 N–H and O–H groups in total. The van der Waals surface area contributed by atoms with E-state index in [9.17, 15) is 14.4 Å². The van der Waals surface area contributed by atoms with Crippen LogP contribution in [0.2, 0.25) is 0 Å². The van der Waals surface area contributed by atoms with Gasteiger partial charge < -0.3 is 0 Å². The number of amides is 3. The molecular formula is C33H24BrN3O3. The number of imide groups is 1. The van der Waals surface area contributed by atoms with Crippen molar-refractivity contribution in [2.24, 2.45) is 16.9 Å². The number of hydrogen-bond donors (Lipinski definition) is 1. The minimum Gasteiger partial charge on any atom is -0.274 e. The van der Waals surface area contributed by atoms with Gasteiger partial charge in [0.15, 0.2) is 0 Å². The van der Waals surface area contributed by atoms with Gasteiger partial charge in [-0.25, -0.2) is 10.3 Å². The van der Waals surface area contributed by atoms with E-state index in [0.717, 1.165) is 32.3 Å². The van der Waals surface area contributed by atoms with Crippen LogP contribution in [0.1, 0.15) is 33.7 Å². The summed E-state index contributed by atoms with van der Waals surface area (Å²) in [6.07, 6.45) is 1.87. The summed E-state index contributed by atoms with van der Waals surface area (Å²) in [4.78, 5) is 42.6. The molecule has 1 aliphatic heterocycles. The number of halogens is 1. The van der Waals surface area contributed by atoms with Crippen molar-refractivity contribution in [2.45, 2.75) is 17.8 Å². The van der Waals surface area contributed by atoms with Crippen molar-refractivity contribution in [1.29, 1.82) is 0 Å². The highest BCUT2D eigenvalue weighted by atomic mass is 79.9. The lowest BCUT2D eigenvalue weighted by atomic mass is 9.47. The van der Waals surface area contributed by atoms with Crippen molar-refractivity contribution in [2.75, 3.05) is 4.90 Å². The summed E-state index contributed by atoms with van der Waals surface area (Å²) in [6, 6.07) is 32.7. The number of nitrogens with one attached hydrogen (secondary N) is 1. The molecule has 196 valence electrons. The van der Waals surface area contributed by atoms with Crippen LogP contribution in [0, 0.1) is 11.8 Å². The number of benzene rings is 4. The third-order valence-electron chi connectivity index (χ3n) is 8.43. The number of hydrazone groups is 1. The van der Waals surface area contributed by atoms with Crippen molar-refractivity contribution in [3.05, 3.63) is 135 Å². The summed E-state index contributed by atoms with van der Waals surface area (Å²) in [5.74, 6) is -2.27. The Bertz CT molecular complexity index is 1650. The van der Waals surface area contributed by atoms with Crippen LogP contribution in [0.5, 0.6) is 0 Å². The standard InChI is InChI=1S/C33H24BrN3O3/c34-21-14-16-22(17-15-21)37-31(39)29-28-23-10-4-6-12-25(23)33(30(29)32(37)40,26-13-7-5-11-24(26)28)19-35-36-27(38)18-20-8-2-1-3-9-20/h1-17,19,28-30H,18H2,(H,36,38)/b35-19-/t28?,29-,30+,33?/m1/s1. The number of anilines is 1. The lowest BCUT2D eigenvalue weighted by Gasteiger charge is -2.52. The zero-order valence-electron chi connectivity index (χ0n) is 21.3. The third kappa shape index (κ3) is 3.54. The van der Waals surface area contributed by atoms with E-state index in [1.54, 1.807) is 18.3 Å². The quantitative estimate of drug-likeness (QED) is 0.194. The third-order valence-corrected chi connectivity index (χ3v) is 8.96. The topological polar surface area (TPSA) is 78.8 Å². The van der Waals surface area contributed by atoms with E-state index >= 15 is 0 Å². The fourth-order valence-corrected chi connectivity index (χ4v) is 7.19. The van der Waals surface area contributed by atoms with Crippen molar-refractivity contribution < 1.29 is 14.4 Å². The molecule has 0 radical (unpaired) electrons. The van der Waals surface area contributed by atoms with Crippen molar-refractivity contribution in [3.63, 3.8) is 0 Å². The molecular weight excluding hydrogens is 566 g/mol. The van der Waals surface area contributed by atoms with Crippen LogP contribution < -0.4 is 10.3 Å². The van der Waals surface area contributed by atoms with Crippen LogP contribution in [0.3, 0.4) is 0 Å². The summed E-state index contributed by atoms with van der Waals surface area (Å²) >= 11 is 3.44. The van der Waals surface area contributed by atoms with Gasteiger partial charge in [0.25, 0.3) is 0 Å². The second-order valence-corrected chi connectivity index (χ2v) is 11.4. The molecule has 3 aliphatic carbocycles. The SMILES string of the molecule is O=C(Cc1ccccc1)N/N=C\C12c3ccccc3C(c3ccccc31)[C@H]1C(=O)N(c3ccc(Br)cc3)C(=O)[C@H]12. The lowest BCUT2D eigenvalue weighted by molar-refractivity contribution is -0.123. The van der Waals surface area contributed by atoms with Crippen LogP contribution in [-0.2, 0) is 26.2 Å². The van der Waals surface area contributed by atoms with Crippen molar-refractivity contribution in [1.82, 2.24) is 5.43 Å². The maximum absolute atomic E-state index is 14.3. The molecule has 0 unspecified atom stereocenters. The Kier molecular flexibility index (Phi) is 5.78. The molecule has 4 aliphatic rings. The second-order valence-electron chi connectivity index (χ2n) is 10.5. The Balaban J connectivity index is 1.36. The maximum atomic E-state index is 14.3. The fraction of sp³-hybridized carbons (Fsp3) is 0.152. The van der Waals surface area contributed by atoms with Crippen LogP contribution >= 0.6 is 15.9 Å². The normalized spacial score (nSPS) is 24.1. The molecule has 4 aromatic carbocycles. The van der Waals surface area contributed by atoms with Crippen molar-refractivity contribution >= 4 is 45.6 Å². The van der Waals surface area contributed by atoms with E-state index in [1.165, 1.54) is 4.90 Å². The molecule has 40 heavy (non-hydrogen) atoms. The molecule has 4 aromatic rings. The average Bonchev–Trinajstić information content (AvgIpc) is 3.25. The molecule has 0 saturated carbocycles. The first-order chi connectivity index (χ1) is 19.5. The van der Waals surface area contributed by atoms with Gasteiger partial charge in [0.05, 0.1) is 29.4 Å². The van der Waals surface area contributed by atoms with Gasteiger partial charge in [0.2, 0.25) is 17.7 Å². The molecule has 2 bridgehead atoms. The Morgan fingerprint density at radius 2 is 1.43 bits per heavy atom. The highest BCUT2D eigenvalue weighted by Gasteiger charge is 2.68. The Morgan fingerprint density at radius 3 is 2.08 bits per heavy atom. The maximum Gasteiger partial charge on any atom is 0.244 e. The Hall–Kier alpha value is -4.36. The van der Waals surface area contributed by atoms with Crippen LogP contribution in [0.4, 0.5) is 5.69 Å². The minimum atomic E-state index is -1.02. The Labute approximate surface area is 239 Å². The number of carbonyl (C=O) groups excluding carboxylic acids is 3. The van der Waals surface area contributed by atoms with Gasteiger partial charge in [0.1, 0.15) is 0 Å². The van der Waals surface area contributed by atoms with E-state index < -0.39 is 17.3 Å². The summed E-state index contributed by atoms with van der Waals surface area (Å²) in [7, 11) is 0.